The molecule has 6 nitrogen and oxygen atoms in total. The predicted octanol–water partition coefficient (Wildman–Crippen LogP) is 1.80. The van der Waals surface area contributed by atoms with Gasteiger partial charge in [-0.25, -0.2) is 0 Å². The number of nitrogens with zero attached hydrogens (tertiary/aromatic N) is 2. The van der Waals surface area contributed by atoms with Crippen molar-refractivity contribution in [2.24, 2.45) is 0 Å². The number of ether oxygens (including phenoxy) is 1. The van der Waals surface area contributed by atoms with Gasteiger partial charge < -0.3 is 10.1 Å². The summed E-state index contributed by atoms with van der Waals surface area (Å²) in [5, 5.41) is 6.77. The molecule has 2 rings (SSSR count). The number of carbonyl (C=O) groups is 2. The Morgan fingerprint density at radius 2 is 2.05 bits per heavy atom. The zero-order chi connectivity index (χ0) is 15.2. The Morgan fingerprint density at radius 1 is 1.33 bits per heavy atom. The van der Waals surface area contributed by atoms with E-state index in [9.17, 15) is 9.59 Å². The lowest BCUT2D eigenvalue weighted by Crippen LogP contribution is -2.18. The molecule has 1 heterocycles. The predicted molar refractivity (Wildman–Crippen MR) is 77.7 cm³/mol. The summed E-state index contributed by atoms with van der Waals surface area (Å²) in [7, 11) is 1.32. The molecule has 2 aromatic rings. The molecule has 0 fully saturated rings. The maximum absolute atomic E-state index is 12.2. The molecule has 0 aliphatic carbocycles. The fourth-order valence-electron chi connectivity index (χ4n) is 1.86. The molecule has 0 radical (unpaired) electrons. The van der Waals surface area contributed by atoms with Crippen LogP contribution in [0, 0.1) is 0 Å². The van der Waals surface area contributed by atoms with Gasteiger partial charge in [0.1, 0.15) is 6.54 Å². The van der Waals surface area contributed by atoms with Crippen LogP contribution in [0.5, 0.6) is 0 Å². The van der Waals surface area contributed by atoms with Gasteiger partial charge in [0.05, 0.1) is 24.9 Å². The minimum absolute atomic E-state index is 0.0145. The van der Waals surface area contributed by atoms with Crippen LogP contribution in [0.25, 0.3) is 0 Å². The topological polar surface area (TPSA) is 73.2 Å². The average molecular weight is 287 g/mol. The Labute approximate surface area is 122 Å². The summed E-state index contributed by atoms with van der Waals surface area (Å²) in [5.74, 6) is -0.789. The normalized spacial score (nSPS) is 11.7. The Bertz CT molecular complexity index is 622. The summed E-state index contributed by atoms with van der Waals surface area (Å²) in [5.41, 5.74) is 1.49. The van der Waals surface area contributed by atoms with E-state index < -0.39 is 5.97 Å². The van der Waals surface area contributed by atoms with Crippen LogP contribution in [0.1, 0.15) is 18.4 Å². The lowest BCUT2D eigenvalue weighted by Gasteiger charge is -2.11. The molecular formula is C15H17N3O3. The minimum atomic E-state index is -0.395. The molecule has 0 aliphatic heterocycles. The molecule has 1 amide bonds. The molecule has 1 N–H and O–H groups in total. The number of aromatic nitrogens is 2. The second-order valence-electron chi connectivity index (χ2n) is 4.62. The third-order valence-electron chi connectivity index (χ3n) is 3.11. The van der Waals surface area contributed by atoms with E-state index in [2.05, 4.69) is 15.2 Å². The van der Waals surface area contributed by atoms with Gasteiger partial charge in [0, 0.05) is 6.20 Å². The molecule has 0 saturated heterocycles. The summed E-state index contributed by atoms with van der Waals surface area (Å²) in [4.78, 5) is 23.3. The number of hydrogen-bond donors (Lipinski definition) is 1. The van der Waals surface area contributed by atoms with E-state index in [0.717, 1.165) is 5.56 Å². The number of amides is 1. The van der Waals surface area contributed by atoms with Gasteiger partial charge in [0.15, 0.2) is 0 Å². The second-order valence-corrected chi connectivity index (χ2v) is 4.62. The Balaban J connectivity index is 1.98. The number of nitrogens with one attached hydrogen (secondary N) is 1. The number of methoxy groups -OCH3 is 1. The smallest absolute Gasteiger partial charge is 0.327 e. The van der Waals surface area contributed by atoms with E-state index in [1.807, 2.05) is 37.3 Å². The highest BCUT2D eigenvalue weighted by Crippen LogP contribution is 2.17. The lowest BCUT2D eigenvalue weighted by molar-refractivity contribution is -0.141. The van der Waals surface area contributed by atoms with Crippen molar-refractivity contribution in [1.29, 1.82) is 0 Å². The molecule has 1 atom stereocenters. The standard InChI is InChI=1S/C15H17N3O3/c1-11(12-6-4-3-5-7-12)15(20)17-13-8-16-18(9-13)10-14(19)21-2/h3-9,11H,10H2,1-2H3,(H,17,20). The molecule has 6 heteroatoms. The number of anilines is 1. The van der Waals surface area contributed by atoms with Crippen LogP contribution in [-0.2, 0) is 20.9 Å². The Morgan fingerprint density at radius 3 is 2.71 bits per heavy atom. The number of carbonyl (C=O) groups excluding carboxylic acids is 2. The zero-order valence-electron chi connectivity index (χ0n) is 11.9. The lowest BCUT2D eigenvalue weighted by atomic mass is 10.0. The number of hydrogen-bond acceptors (Lipinski definition) is 4. The largest absolute Gasteiger partial charge is 0.468 e. The van der Waals surface area contributed by atoms with E-state index in [1.165, 1.54) is 18.0 Å². The van der Waals surface area contributed by atoms with Crippen LogP contribution >= 0.6 is 0 Å². The molecular weight excluding hydrogens is 270 g/mol. The van der Waals surface area contributed by atoms with E-state index in [-0.39, 0.29) is 18.4 Å². The summed E-state index contributed by atoms with van der Waals surface area (Å²) in [6.07, 6.45) is 3.09. The van der Waals surface area contributed by atoms with Crippen LogP contribution in [-0.4, -0.2) is 28.8 Å². The molecule has 1 unspecified atom stereocenters. The van der Waals surface area contributed by atoms with Crippen molar-refractivity contribution in [1.82, 2.24) is 9.78 Å². The van der Waals surface area contributed by atoms with Gasteiger partial charge in [0.2, 0.25) is 5.91 Å². The summed E-state index contributed by atoms with van der Waals surface area (Å²) >= 11 is 0. The number of esters is 1. The Kier molecular flexibility index (Phi) is 4.71. The molecule has 110 valence electrons. The summed E-state index contributed by atoms with van der Waals surface area (Å²) in [6.45, 7) is 1.85. The first-order valence-electron chi connectivity index (χ1n) is 6.55. The first kappa shape index (κ1) is 14.8. The van der Waals surface area contributed by atoms with Crippen molar-refractivity contribution in [2.75, 3.05) is 12.4 Å². The van der Waals surface area contributed by atoms with Crippen molar-refractivity contribution < 1.29 is 14.3 Å². The quantitative estimate of drug-likeness (QED) is 0.851. The third-order valence-corrected chi connectivity index (χ3v) is 3.11. The van der Waals surface area contributed by atoms with Gasteiger partial charge in [-0.05, 0) is 12.5 Å². The SMILES string of the molecule is COC(=O)Cn1cc(NC(=O)C(C)c2ccccc2)cn1. The summed E-state index contributed by atoms with van der Waals surface area (Å²) in [6, 6.07) is 9.52. The number of benzene rings is 1. The number of rotatable bonds is 5. The molecule has 21 heavy (non-hydrogen) atoms. The van der Waals surface area contributed by atoms with Gasteiger partial charge in [-0.1, -0.05) is 30.3 Å². The molecule has 0 saturated carbocycles. The van der Waals surface area contributed by atoms with Crippen LogP contribution in [0.2, 0.25) is 0 Å². The van der Waals surface area contributed by atoms with E-state index in [4.69, 9.17) is 0 Å². The molecule has 1 aromatic carbocycles. The molecule has 0 bridgehead atoms. The van der Waals surface area contributed by atoms with Crippen molar-refractivity contribution in [3.05, 3.63) is 48.3 Å². The minimum Gasteiger partial charge on any atom is -0.468 e. The maximum atomic E-state index is 12.2. The first-order chi connectivity index (χ1) is 10.1. The van der Waals surface area contributed by atoms with Gasteiger partial charge in [-0.2, -0.15) is 5.10 Å². The molecule has 1 aromatic heterocycles. The first-order valence-corrected chi connectivity index (χ1v) is 6.55. The van der Waals surface area contributed by atoms with Gasteiger partial charge in [-0.15, -0.1) is 0 Å². The monoisotopic (exact) mass is 287 g/mol. The fraction of sp³-hybridized carbons (Fsp3) is 0.267. The Hall–Kier alpha value is -2.63. The van der Waals surface area contributed by atoms with E-state index in [0.29, 0.717) is 5.69 Å². The fourth-order valence-corrected chi connectivity index (χ4v) is 1.86. The highest BCUT2D eigenvalue weighted by Gasteiger charge is 2.15. The maximum Gasteiger partial charge on any atom is 0.327 e. The molecule has 0 spiro atoms. The van der Waals surface area contributed by atoms with Crippen molar-refractivity contribution in [2.45, 2.75) is 19.4 Å². The van der Waals surface area contributed by atoms with Gasteiger partial charge >= 0.3 is 5.97 Å². The van der Waals surface area contributed by atoms with Crippen LogP contribution in [0.3, 0.4) is 0 Å². The average Bonchev–Trinajstić information content (AvgIpc) is 2.94. The second kappa shape index (κ2) is 6.69. The van der Waals surface area contributed by atoms with Crippen molar-refractivity contribution in [3.8, 4) is 0 Å². The van der Waals surface area contributed by atoms with Crippen molar-refractivity contribution in [3.63, 3.8) is 0 Å². The highest BCUT2D eigenvalue weighted by molar-refractivity contribution is 5.95. The van der Waals surface area contributed by atoms with Gasteiger partial charge in [0.25, 0.3) is 0 Å². The molecule has 0 aliphatic rings. The zero-order valence-corrected chi connectivity index (χ0v) is 11.9. The summed E-state index contributed by atoms with van der Waals surface area (Å²) < 4.78 is 5.96. The highest BCUT2D eigenvalue weighted by atomic mass is 16.5. The third kappa shape index (κ3) is 3.92. The van der Waals surface area contributed by atoms with Crippen molar-refractivity contribution >= 4 is 17.6 Å². The van der Waals surface area contributed by atoms with Gasteiger partial charge in [-0.3, -0.25) is 14.3 Å². The van der Waals surface area contributed by atoms with E-state index >= 15 is 0 Å². The van der Waals surface area contributed by atoms with Crippen LogP contribution < -0.4 is 5.32 Å². The van der Waals surface area contributed by atoms with Crippen LogP contribution in [0.15, 0.2) is 42.7 Å². The van der Waals surface area contributed by atoms with Crippen LogP contribution in [0.4, 0.5) is 5.69 Å². The van der Waals surface area contributed by atoms with E-state index in [1.54, 1.807) is 6.20 Å².